The van der Waals surface area contributed by atoms with Crippen LogP contribution in [0, 0.1) is 5.92 Å². The van der Waals surface area contributed by atoms with Gasteiger partial charge in [-0.25, -0.2) is 8.42 Å². The largest absolute Gasteiger partial charge is 0.497 e. The van der Waals surface area contributed by atoms with E-state index in [4.69, 9.17) is 9.47 Å². The Morgan fingerprint density at radius 1 is 1.28 bits per heavy atom. The SMILES string of the molecule is COc1ccc(CNC(=O)[C@@H](C)OC(=O)C[C@H]2CCS(=O)(=O)C2)cc1. The third-order valence-corrected chi connectivity index (χ3v) is 5.92. The van der Waals surface area contributed by atoms with Gasteiger partial charge >= 0.3 is 5.97 Å². The predicted molar refractivity (Wildman–Crippen MR) is 91.8 cm³/mol. The van der Waals surface area contributed by atoms with Gasteiger partial charge in [0.2, 0.25) is 0 Å². The van der Waals surface area contributed by atoms with Crippen LogP contribution in [0.5, 0.6) is 5.75 Å². The summed E-state index contributed by atoms with van der Waals surface area (Å²) in [4.78, 5) is 23.9. The Hall–Kier alpha value is -2.09. The first-order chi connectivity index (χ1) is 11.8. The molecule has 1 amide bonds. The summed E-state index contributed by atoms with van der Waals surface area (Å²) >= 11 is 0. The molecule has 2 atom stereocenters. The minimum Gasteiger partial charge on any atom is -0.497 e. The maximum Gasteiger partial charge on any atom is 0.306 e. The molecule has 138 valence electrons. The van der Waals surface area contributed by atoms with Crippen molar-refractivity contribution in [2.24, 2.45) is 5.92 Å². The average molecular weight is 369 g/mol. The van der Waals surface area contributed by atoms with Crippen molar-refractivity contribution >= 4 is 21.7 Å². The molecular formula is C17H23NO6S. The molecule has 1 saturated heterocycles. The van der Waals surface area contributed by atoms with Crippen molar-refractivity contribution in [3.8, 4) is 5.75 Å². The highest BCUT2D eigenvalue weighted by Gasteiger charge is 2.30. The van der Waals surface area contributed by atoms with E-state index in [1.165, 1.54) is 6.92 Å². The molecule has 0 aromatic heterocycles. The summed E-state index contributed by atoms with van der Waals surface area (Å²) in [5.41, 5.74) is 0.892. The second kappa shape index (κ2) is 8.33. The lowest BCUT2D eigenvalue weighted by Crippen LogP contribution is -2.35. The fourth-order valence-corrected chi connectivity index (χ4v) is 4.51. The summed E-state index contributed by atoms with van der Waals surface area (Å²) in [6.45, 7) is 1.80. The second-order valence-electron chi connectivity index (χ2n) is 6.17. The number of ether oxygens (including phenoxy) is 2. The van der Waals surface area contributed by atoms with E-state index in [-0.39, 0.29) is 23.8 Å². The van der Waals surface area contributed by atoms with E-state index in [1.807, 2.05) is 12.1 Å². The number of benzene rings is 1. The molecule has 1 aromatic rings. The Labute approximate surface area is 147 Å². The fraction of sp³-hybridized carbons (Fsp3) is 0.529. The van der Waals surface area contributed by atoms with E-state index in [9.17, 15) is 18.0 Å². The van der Waals surface area contributed by atoms with Crippen LogP contribution >= 0.6 is 0 Å². The Balaban J connectivity index is 1.74. The zero-order valence-electron chi connectivity index (χ0n) is 14.4. The van der Waals surface area contributed by atoms with Crippen molar-refractivity contribution in [3.05, 3.63) is 29.8 Å². The van der Waals surface area contributed by atoms with Crippen LogP contribution < -0.4 is 10.1 Å². The fourth-order valence-electron chi connectivity index (χ4n) is 2.64. The molecule has 0 aliphatic carbocycles. The summed E-state index contributed by atoms with van der Waals surface area (Å²) < 4.78 is 32.9. The molecule has 1 aliphatic rings. The summed E-state index contributed by atoms with van der Waals surface area (Å²) in [6.07, 6.45) is -0.436. The van der Waals surface area contributed by atoms with Gasteiger partial charge in [-0.2, -0.15) is 0 Å². The summed E-state index contributed by atoms with van der Waals surface area (Å²) in [6, 6.07) is 7.24. The number of carbonyl (C=O) groups is 2. The quantitative estimate of drug-likeness (QED) is 0.722. The molecule has 2 rings (SSSR count). The number of sulfone groups is 1. The Kier molecular flexibility index (Phi) is 6.41. The molecule has 1 aromatic carbocycles. The lowest BCUT2D eigenvalue weighted by Gasteiger charge is -2.15. The summed E-state index contributed by atoms with van der Waals surface area (Å²) in [5, 5.41) is 2.70. The third kappa shape index (κ3) is 6.04. The number of rotatable bonds is 7. The minimum atomic E-state index is -3.03. The van der Waals surface area contributed by atoms with Crippen molar-refractivity contribution in [2.45, 2.75) is 32.4 Å². The zero-order chi connectivity index (χ0) is 18.4. The Morgan fingerprint density at radius 2 is 1.96 bits per heavy atom. The van der Waals surface area contributed by atoms with Crippen LogP contribution in [0.1, 0.15) is 25.3 Å². The molecule has 8 heteroatoms. The highest BCUT2D eigenvalue weighted by Crippen LogP contribution is 2.22. The number of esters is 1. The molecule has 7 nitrogen and oxygen atoms in total. The molecule has 0 radical (unpaired) electrons. The van der Waals surface area contributed by atoms with Crippen molar-refractivity contribution in [3.63, 3.8) is 0 Å². The highest BCUT2D eigenvalue weighted by molar-refractivity contribution is 7.91. The smallest absolute Gasteiger partial charge is 0.306 e. The van der Waals surface area contributed by atoms with Gasteiger partial charge in [-0.3, -0.25) is 9.59 Å². The van der Waals surface area contributed by atoms with E-state index >= 15 is 0 Å². The van der Waals surface area contributed by atoms with Crippen LogP contribution in [0.2, 0.25) is 0 Å². The van der Waals surface area contributed by atoms with Crippen molar-refractivity contribution < 1.29 is 27.5 Å². The van der Waals surface area contributed by atoms with Crippen LogP contribution in [-0.4, -0.2) is 45.0 Å². The van der Waals surface area contributed by atoms with Gasteiger partial charge in [0.15, 0.2) is 15.9 Å². The molecule has 1 fully saturated rings. The van der Waals surface area contributed by atoms with Gasteiger partial charge in [0, 0.05) is 13.0 Å². The van der Waals surface area contributed by atoms with E-state index in [0.29, 0.717) is 13.0 Å². The average Bonchev–Trinajstić information content (AvgIpc) is 2.91. The predicted octanol–water partition coefficient (Wildman–Crippen LogP) is 1.07. The number of amides is 1. The van der Waals surface area contributed by atoms with Crippen LogP contribution in [0.3, 0.4) is 0 Å². The van der Waals surface area contributed by atoms with Gasteiger partial charge in [0.25, 0.3) is 5.91 Å². The molecule has 1 heterocycles. The maximum absolute atomic E-state index is 12.0. The molecule has 25 heavy (non-hydrogen) atoms. The van der Waals surface area contributed by atoms with Crippen LogP contribution in [-0.2, 0) is 30.7 Å². The van der Waals surface area contributed by atoms with Gasteiger partial charge < -0.3 is 14.8 Å². The van der Waals surface area contributed by atoms with Crippen molar-refractivity contribution in [1.29, 1.82) is 0 Å². The lowest BCUT2D eigenvalue weighted by molar-refractivity contribution is -0.155. The topological polar surface area (TPSA) is 98.8 Å². The van der Waals surface area contributed by atoms with Gasteiger partial charge in [-0.15, -0.1) is 0 Å². The van der Waals surface area contributed by atoms with Gasteiger partial charge in [0.1, 0.15) is 5.75 Å². The molecule has 0 saturated carbocycles. The molecule has 0 bridgehead atoms. The number of carbonyl (C=O) groups excluding carboxylic acids is 2. The maximum atomic E-state index is 12.0. The second-order valence-corrected chi connectivity index (χ2v) is 8.40. The Morgan fingerprint density at radius 3 is 2.52 bits per heavy atom. The van der Waals surface area contributed by atoms with Gasteiger partial charge in [-0.1, -0.05) is 12.1 Å². The van der Waals surface area contributed by atoms with E-state index in [0.717, 1.165) is 11.3 Å². The van der Waals surface area contributed by atoms with Crippen LogP contribution in [0.15, 0.2) is 24.3 Å². The monoisotopic (exact) mass is 369 g/mol. The molecular weight excluding hydrogens is 346 g/mol. The van der Waals surface area contributed by atoms with Gasteiger partial charge in [-0.05, 0) is 37.0 Å². The van der Waals surface area contributed by atoms with Crippen molar-refractivity contribution in [2.75, 3.05) is 18.6 Å². The minimum absolute atomic E-state index is 0.0140. The molecule has 1 aliphatic heterocycles. The zero-order valence-corrected chi connectivity index (χ0v) is 15.2. The van der Waals surface area contributed by atoms with Crippen LogP contribution in [0.4, 0.5) is 0 Å². The number of nitrogens with one attached hydrogen (secondary N) is 1. The number of hydrogen-bond acceptors (Lipinski definition) is 6. The van der Waals surface area contributed by atoms with Crippen molar-refractivity contribution in [1.82, 2.24) is 5.32 Å². The van der Waals surface area contributed by atoms with E-state index < -0.39 is 27.8 Å². The van der Waals surface area contributed by atoms with Crippen LogP contribution in [0.25, 0.3) is 0 Å². The lowest BCUT2D eigenvalue weighted by atomic mass is 10.1. The highest BCUT2D eigenvalue weighted by atomic mass is 32.2. The first-order valence-corrected chi connectivity index (χ1v) is 9.92. The standard InChI is InChI=1S/C17H23NO6S/c1-12(24-16(19)9-14-7-8-25(21,22)11-14)17(20)18-10-13-3-5-15(23-2)6-4-13/h3-6,12,14H,7-11H2,1-2H3,(H,18,20)/t12-,14-/m1/s1. The molecule has 1 N–H and O–H groups in total. The number of hydrogen-bond donors (Lipinski definition) is 1. The summed E-state index contributed by atoms with van der Waals surface area (Å²) in [7, 11) is -1.45. The Bertz CT molecular complexity index is 713. The van der Waals surface area contributed by atoms with E-state index in [2.05, 4.69) is 5.32 Å². The molecule has 0 spiro atoms. The number of methoxy groups -OCH3 is 1. The first kappa shape index (κ1) is 19.2. The third-order valence-electron chi connectivity index (χ3n) is 4.09. The first-order valence-electron chi connectivity index (χ1n) is 8.09. The molecule has 0 unspecified atom stereocenters. The van der Waals surface area contributed by atoms with E-state index in [1.54, 1.807) is 19.2 Å². The summed E-state index contributed by atoms with van der Waals surface area (Å²) in [5.74, 6) is -0.307. The normalized spacial score (nSPS) is 19.8. The van der Waals surface area contributed by atoms with Gasteiger partial charge in [0.05, 0.1) is 18.6 Å².